The van der Waals surface area contributed by atoms with E-state index < -0.39 is 5.91 Å². The van der Waals surface area contributed by atoms with Gasteiger partial charge in [0.15, 0.2) is 5.69 Å². The quantitative estimate of drug-likeness (QED) is 0.410. The van der Waals surface area contributed by atoms with Crippen LogP contribution in [0.1, 0.15) is 42.5 Å². The number of nitrogens with zero attached hydrogens (tertiary/aromatic N) is 2. The third kappa shape index (κ3) is 4.25. The number of carbonyl (C=O) groups excluding carboxylic acids is 1. The van der Waals surface area contributed by atoms with Gasteiger partial charge in [0, 0.05) is 21.1 Å². The van der Waals surface area contributed by atoms with Crippen molar-refractivity contribution in [1.82, 2.24) is 15.6 Å². The first-order valence-electron chi connectivity index (χ1n) is 6.87. The predicted molar refractivity (Wildman–Crippen MR) is 104 cm³/mol. The van der Waals surface area contributed by atoms with Gasteiger partial charge in [-0.25, -0.2) is 5.43 Å². The number of phenolic OH excluding ortho intramolecular Hbond substituents is 1. The van der Waals surface area contributed by atoms with Gasteiger partial charge in [-0.2, -0.15) is 10.2 Å². The first-order chi connectivity index (χ1) is 11.1. The largest absolute Gasteiger partial charge is 0.506 e. The number of halogens is 3. The second-order valence-electron chi connectivity index (χ2n) is 6.03. The Balaban J connectivity index is 2.14. The van der Waals surface area contributed by atoms with Gasteiger partial charge >= 0.3 is 0 Å². The highest BCUT2D eigenvalue weighted by Gasteiger charge is 2.19. The van der Waals surface area contributed by atoms with Gasteiger partial charge in [0.2, 0.25) is 0 Å². The molecule has 2 rings (SSSR count). The van der Waals surface area contributed by atoms with E-state index >= 15 is 0 Å². The third-order valence-corrected chi connectivity index (χ3v) is 5.22. The van der Waals surface area contributed by atoms with Crippen LogP contribution in [0.15, 0.2) is 30.7 Å². The van der Waals surface area contributed by atoms with Crippen molar-refractivity contribution in [2.45, 2.75) is 26.2 Å². The van der Waals surface area contributed by atoms with Crippen LogP contribution in [0.4, 0.5) is 0 Å². The zero-order valence-corrected chi connectivity index (χ0v) is 17.9. The molecule has 128 valence electrons. The fourth-order valence-corrected chi connectivity index (χ4v) is 4.07. The molecule has 0 fully saturated rings. The normalized spacial score (nSPS) is 11.9. The lowest BCUT2D eigenvalue weighted by atomic mass is 9.92. The van der Waals surface area contributed by atoms with E-state index in [0.29, 0.717) is 19.0 Å². The smallest absolute Gasteiger partial charge is 0.291 e. The monoisotopic (exact) mass is 520 g/mol. The van der Waals surface area contributed by atoms with Crippen molar-refractivity contribution >= 4 is 59.9 Å². The molecule has 2 aromatic rings. The summed E-state index contributed by atoms with van der Waals surface area (Å²) in [5.74, 6) is -0.375. The molecule has 0 saturated heterocycles. The topological polar surface area (TPSA) is 90.4 Å². The number of aromatic hydroxyl groups is 1. The summed E-state index contributed by atoms with van der Waals surface area (Å²) in [5.41, 5.74) is 4.00. The van der Waals surface area contributed by atoms with Crippen LogP contribution in [0.25, 0.3) is 0 Å². The molecule has 0 spiro atoms. The molecule has 1 aromatic carbocycles. The molecule has 1 aromatic heterocycles. The lowest BCUT2D eigenvalue weighted by molar-refractivity contribution is 0.0950. The molecule has 0 atom stereocenters. The summed E-state index contributed by atoms with van der Waals surface area (Å²) in [6, 6.07) is 3.38. The fraction of sp³-hybridized carbons (Fsp3) is 0.267. The molecule has 9 heteroatoms. The number of H-pyrrole nitrogens is 1. The maximum Gasteiger partial charge on any atom is 0.291 e. The number of carbonyl (C=O) groups is 1. The molecule has 0 saturated carbocycles. The standard InChI is InChI=1S/C15H15Br3N4O2/c1-15(2,3)11-5-10(20-21-11)14(24)22-19-6-7-8(16)4-9(17)13(23)12(7)18/h4-6,23H,1-3H3,(H,20,21)(H,22,24)/b19-6-. The zero-order chi connectivity index (χ0) is 18.1. The highest BCUT2D eigenvalue weighted by Crippen LogP contribution is 2.38. The Bertz CT molecular complexity index is 810. The van der Waals surface area contributed by atoms with Crippen LogP contribution in [0, 0.1) is 0 Å². The van der Waals surface area contributed by atoms with Gasteiger partial charge in [-0.05, 0) is 44.0 Å². The molecule has 0 radical (unpaired) electrons. The van der Waals surface area contributed by atoms with Crippen LogP contribution in [-0.2, 0) is 5.41 Å². The van der Waals surface area contributed by atoms with Gasteiger partial charge in [0.1, 0.15) is 5.75 Å². The summed E-state index contributed by atoms with van der Waals surface area (Å²) < 4.78 is 1.69. The third-order valence-electron chi connectivity index (χ3n) is 3.16. The van der Waals surface area contributed by atoms with Crippen molar-refractivity contribution in [3.63, 3.8) is 0 Å². The van der Waals surface area contributed by atoms with E-state index in [2.05, 4.69) is 68.5 Å². The molecule has 6 nitrogen and oxygen atoms in total. The number of hydrazone groups is 1. The Morgan fingerprint density at radius 2 is 1.96 bits per heavy atom. The number of amides is 1. The van der Waals surface area contributed by atoms with E-state index in [1.807, 2.05) is 20.8 Å². The first-order valence-corrected chi connectivity index (χ1v) is 9.25. The Morgan fingerprint density at radius 1 is 1.29 bits per heavy atom. The molecule has 1 amide bonds. The number of aromatic nitrogens is 2. The summed E-state index contributed by atoms with van der Waals surface area (Å²) in [4.78, 5) is 12.1. The van der Waals surface area contributed by atoms with Crippen molar-refractivity contribution in [2.75, 3.05) is 0 Å². The molecule has 0 aliphatic heterocycles. The average Bonchev–Trinajstić information content (AvgIpc) is 2.98. The number of hydrogen-bond donors (Lipinski definition) is 3. The van der Waals surface area contributed by atoms with E-state index in [9.17, 15) is 9.90 Å². The average molecular weight is 523 g/mol. The highest BCUT2D eigenvalue weighted by molar-refractivity contribution is 9.11. The SMILES string of the molecule is CC(C)(C)c1cc(C(=O)N/N=C\c2c(Br)cc(Br)c(O)c2Br)n[nH]1. The second-order valence-corrected chi connectivity index (χ2v) is 8.53. The summed E-state index contributed by atoms with van der Waals surface area (Å²) >= 11 is 9.90. The van der Waals surface area contributed by atoms with Crippen LogP contribution in [0.2, 0.25) is 0 Å². The van der Waals surface area contributed by atoms with E-state index in [-0.39, 0.29) is 16.9 Å². The molecule has 3 N–H and O–H groups in total. The van der Waals surface area contributed by atoms with Gasteiger partial charge in [-0.1, -0.05) is 36.7 Å². The van der Waals surface area contributed by atoms with Gasteiger partial charge in [0.05, 0.1) is 15.2 Å². The van der Waals surface area contributed by atoms with E-state index in [4.69, 9.17) is 0 Å². The van der Waals surface area contributed by atoms with Crippen LogP contribution in [0.3, 0.4) is 0 Å². The van der Waals surface area contributed by atoms with E-state index in [0.717, 1.165) is 5.69 Å². The minimum atomic E-state index is -0.424. The van der Waals surface area contributed by atoms with Crippen molar-refractivity contribution in [1.29, 1.82) is 0 Å². The summed E-state index contributed by atoms with van der Waals surface area (Å²) in [7, 11) is 0. The Kier molecular flexibility index (Phi) is 5.87. The molecule has 24 heavy (non-hydrogen) atoms. The van der Waals surface area contributed by atoms with Crippen molar-refractivity contribution in [3.05, 3.63) is 42.5 Å². The lowest BCUT2D eigenvalue weighted by Gasteiger charge is -2.14. The van der Waals surface area contributed by atoms with Crippen LogP contribution in [-0.4, -0.2) is 27.4 Å². The summed E-state index contributed by atoms with van der Waals surface area (Å²) in [6.45, 7) is 6.07. The molecular weight excluding hydrogens is 508 g/mol. The number of hydrogen-bond acceptors (Lipinski definition) is 4. The molecule has 0 aliphatic carbocycles. The van der Waals surface area contributed by atoms with Crippen LogP contribution >= 0.6 is 47.8 Å². The second kappa shape index (κ2) is 7.37. The Labute approximate surface area is 164 Å². The van der Waals surface area contributed by atoms with E-state index in [1.165, 1.54) is 6.21 Å². The number of aromatic amines is 1. The molecule has 0 bridgehead atoms. The maximum atomic E-state index is 12.1. The van der Waals surface area contributed by atoms with Gasteiger partial charge < -0.3 is 5.11 Å². The van der Waals surface area contributed by atoms with Crippen LogP contribution in [0.5, 0.6) is 5.75 Å². The number of nitrogens with one attached hydrogen (secondary N) is 2. The summed E-state index contributed by atoms with van der Waals surface area (Å²) in [5, 5.41) is 20.7. The highest BCUT2D eigenvalue weighted by atomic mass is 79.9. The van der Waals surface area contributed by atoms with Crippen molar-refractivity contribution in [2.24, 2.45) is 5.10 Å². The van der Waals surface area contributed by atoms with Crippen molar-refractivity contribution in [3.8, 4) is 5.75 Å². The summed E-state index contributed by atoms with van der Waals surface area (Å²) in [6.07, 6.45) is 1.43. The number of rotatable bonds is 3. The maximum absolute atomic E-state index is 12.1. The molecule has 1 heterocycles. The van der Waals surface area contributed by atoms with Gasteiger partial charge in [0.25, 0.3) is 5.91 Å². The Morgan fingerprint density at radius 3 is 2.54 bits per heavy atom. The fourth-order valence-electron chi connectivity index (χ4n) is 1.75. The molecular formula is C15H15Br3N4O2. The Hall–Kier alpha value is -1.19. The minimum Gasteiger partial charge on any atom is -0.506 e. The number of phenols is 1. The number of benzene rings is 1. The predicted octanol–water partition coefficient (Wildman–Crippen LogP) is 4.46. The van der Waals surface area contributed by atoms with E-state index in [1.54, 1.807) is 12.1 Å². The minimum absolute atomic E-state index is 0.0492. The molecule has 0 aliphatic rings. The lowest BCUT2D eigenvalue weighted by Crippen LogP contribution is -2.18. The zero-order valence-electron chi connectivity index (χ0n) is 13.1. The van der Waals surface area contributed by atoms with Crippen LogP contribution < -0.4 is 5.43 Å². The molecule has 0 unspecified atom stereocenters. The van der Waals surface area contributed by atoms with Gasteiger partial charge in [-0.15, -0.1) is 0 Å². The van der Waals surface area contributed by atoms with Crippen molar-refractivity contribution < 1.29 is 9.90 Å². The van der Waals surface area contributed by atoms with Gasteiger partial charge in [-0.3, -0.25) is 9.89 Å². The first kappa shape index (κ1) is 19.1.